The topological polar surface area (TPSA) is 55.1 Å². The first kappa shape index (κ1) is 17.1. The van der Waals surface area contributed by atoms with E-state index in [1.165, 1.54) is 16.8 Å². The molecule has 2 atom stereocenters. The van der Waals surface area contributed by atoms with Gasteiger partial charge in [-0.25, -0.2) is 0 Å². The van der Waals surface area contributed by atoms with Gasteiger partial charge in [-0.3, -0.25) is 9.48 Å². The van der Waals surface area contributed by atoms with E-state index in [1.807, 2.05) is 31.6 Å². The summed E-state index contributed by atoms with van der Waals surface area (Å²) in [6.45, 7) is 6.26. The number of hydrogen-bond acceptors (Lipinski definition) is 3. The van der Waals surface area contributed by atoms with E-state index in [4.69, 9.17) is 5.10 Å². The summed E-state index contributed by atoms with van der Waals surface area (Å²) in [6.07, 6.45) is 3.46. The standard InChI is InChI=1S/C22H26N2O2/c1-21(2)17-11-10-16-18(14-8-6-5-7-9-14)24(4)23-19(16)22(17,3)12-15(13-25)20(21)26/h5-9,13,17,25H,10-12H2,1-4H3/b15-13-. The number of nitrogens with zero attached hydrogens (tertiary/aromatic N) is 2. The van der Waals surface area contributed by atoms with E-state index in [0.717, 1.165) is 24.8 Å². The first-order chi connectivity index (χ1) is 12.3. The molecule has 4 heteroatoms. The zero-order valence-electron chi connectivity index (χ0n) is 15.9. The molecule has 0 saturated heterocycles. The lowest BCUT2D eigenvalue weighted by atomic mass is 9.50. The predicted molar refractivity (Wildman–Crippen MR) is 102 cm³/mol. The van der Waals surface area contributed by atoms with Crippen LogP contribution in [0.5, 0.6) is 0 Å². The molecule has 1 aromatic heterocycles. The van der Waals surface area contributed by atoms with Crippen molar-refractivity contribution in [2.24, 2.45) is 18.4 Å². The molecule has 0 radical (unpaired) electrons. The Labute approximate surface area is 154 Å². The number of carbonyl (C=O) groups excluding carboxylic acids is 1. The Morgan fingerprint density at radius 3 is 2.58 bits per heavy atom. The van der Waals surface area contributed by atoms with E-state index in [1.54, 1.807) is 0 Å². The van der Waals surface area contributed by atoms with Crippen molar-refractivity contribution in [2.75, 3.05) is 0 Å². The van der Waals surface area contributed by atoms with E-state index in [0.29, 0.717) is 12.0 Å². The number of aliphatic hydroxyl groups excluding tert-OH is 1. The second-order valence-corrected chi connectivity index (χ2v) is 8.56. The smallest absolute Gasteiger partial charge is 0.167 e. The van der Waals surface area contributed by atoms with Crippen molar-refractivity contribution in [2.45, 2.75) is 45.4 Å². The highest BCUT2D eigenvalue weighted by molar-refractivity contribution is 6.01. The Bertz CT molecular complexity index is 908. The number of hydrogen-bond donors (Lipinski definition) is 1. The van der Waals surface area contributed by atoms with Gasteiger partial charge in [0.1, 0.15) is 0 Å². The second kappa shape index (κ2) is 5.57. The van der Waals surface area contributed by atoms with Gasteiger partial charge in [0.25, 0.3) is 0 Å². The van der Waals surface area contributed by atoms with Gasteiger partial charge in [-0.1, -0.05) is 51.1 Å². The largest absolute Gasteiger partial charge is 0.515 e. The third-order valence-electron chi connectivity index (χ3n) is 6.65. The number of benzene rings is 1. The molecule has 1 fully saturated rings. The zero-order chi connectivity index (χ0) is 18.7. The van der Waals surface area contributed by atoms with Crippen molar-refractivity contribution in [3.63, 3.8) is 0 Å². The van der Waals surface area contributed by atoms with Crippen LogP contribution in [-0.4, -0.2) is 20.7 Å². The normalized spacial score (nSPS) is 28.7. The van der Waals surface area contributed by atoms with E-state index < -0.39 is 5.41 Å². The van der Waals surface area contributed by atoms with E-state index in [2.05, 4.69) is 31.2 Å². The number of fused-ring (bicyclic) bond motifs is 3. The molecule has 2 aliphatic carbocycles. The molecule has 0 amide bonds. The fourth-order valence-corrected chi connectivity index (χ4v) is 5.51. The number of ketones is 1. The first-order valence-electron chi connectivity index (χ1n) is 9.30. The lowest BCUT2D eigenvalue weighted by Crippen LogP contribution is -2.53. The molecule has 4 nitrogen and oxygen atoms in total. The van der Waals surface area contributed by atoms with Gasteiger partial charge in [-0.2, -0.15) is 5.10 Å². The maximum atomic E-state index is 12.8. The minimum absolute atomic E-state index is 0.0742. The molecule has 26 heavy (non-hydrogen) atoms. The number of Topliss-reactive ketones (excluding diaryl/α,β-unsaturated/α-hetero) is 1. The molecule has 0 spiro atoms. The van der Waals surface area contributed by atoms with Crippen molar-refractivity contribution in [3.8, 4) is 11.3 Å². The average Bonchev–Trinajstić information content (AvgIpc) is 2.96. The van der Waals surface area contributed by atoms with Crippen molar-refractivity contribution in [3.05, 3.63) is 53.4 Å². The van der Waals surface area contributed by atoms with Crippen LogP contribution in [0.15, 0.2) is 42.2 Å². The SMILES string of the molecule is Cn1nc2c(c1-c1ccccc1)CCC1C(C)(C)C(=O)/C(=C\O)CC21C. The van der Waals surface area contributed by atoms with Gasteiger partial charge in [-0.05, 0) is 25.2 Å². The van der Waals surface area contributed by atoms with Gasteiger partial charge in [-0.15, -0.1) is 0 Å². The maximum absolute atomic E-state index is 12.8. The monoisotopic (exact) mass is 350 g/mol. The summed E-state index contributed by atoms with van der Waals surface area (Å²) in [5.41, 5.74) is 4.51. The van der Waals surface area contributed by atoms with Gasteiger partial charge >= 0.3 is 0 Å². The molecular formula is C22H26N2O2. The number of aryl methyl sites for hydroxylation is 1. The van der Waals surface area contributed by atoms with Crippen LogP contribution < -0.4 is 0 Å². The summed E-state index contributed by atoms with van der Waals surface area (Å²) in [7, 11) is 2.00. The third-order valence-corrected chi connectivity index (χ3v) is 6.65. The van der Waals surface area contributed by atoms with Crippen LogP contribution in [0.4, 0.5) is 0 Å². The Kier molecular flexibility index (Phi) is 3.66. The van der Waals surface area contributed by atoms with E-state index in [-0.39, 0.29) is 17.1 Å². The van der Waals surface area contributed by atoms with Crippen LogP contribution in [-0.2, 0) is 23.7 Å². The van der Waals surface area contributed by atoms with Crippen LogP contribution >= 0.6 is 0 Å². The van der Waals surface area contributed by atoms with Crippen LogP contribution in [0, 0.1) is 11.3 Å². The lowest BCUT2D eigenvalue weighted by Gasteiger charge is -2.52. The fourth-order valence-electron chi connectivity index (χ4n) is 5.51. The van der Waals surface area contributed by atoms with E-state index >= 15 is 0 Å². The Balaban J connectivity index is 1.91. The molecule has 0 aliphatic heterocycles. The summed E-state index contributed by atoms with van der Waals surface area (Å²) in [4.78, 5) is 12.8. The van der Waals surface area contributed by atoms with Gasteiger partial charge in [0.15, 0.2) is 5.78 Å². The van der Waals surface area contributed by atoms with Crippen molar-refractivity contribution in [1.82, 2.24) is 9.78 Å². The molecule has 1 saturated carbocycles. The minimum Gasteiger partial charge on any atom is -0.515 e. The molecule has 2 aliphatic rings. The molecule has 2 aromatic rings. The van der Waals surface area contributed by atoms with Gasteiger partial charge in [0, 0.05) is 34.6 Å². The second-order valence-electron chi connectivity index (χ2n) is 8.56. The lowest BCUT2D eigenvalue weighted by molar-refractivity contribution is -0.131. The maximum Gasteiger partial charge on any atom is 0.167 e. The van der Waals surface area contributed by atoms with Crippen molar-refractivity contribution in [1.29, 1.82) is 0 Å². The fraction of sp³-hybridized carbons (Fsp3) is 0.455. The number of allylic oxidation sites excluding steroid dienone is 1. The molecule has 0 bridgehead atoms. The minimum atomic E-state index is -0.496. The van der Waals surface area contributed by atoms with Crippen LogP contribution in [0.3, 0.4) is 0 Å². The molecular weight excluding hydrogens is 324 g/mol. The number of aliphatic hydroxyl groups is 1. The van der Waals surface area contributed by atoms with Crippen molar-refractivity contribution < 1.29 is 9.90 Å². The predicted octanol–water partition coefficient (Wildman–Crippen LogP) is 4.35. The number of aromatic nitrogens is 2. The molecule has 1 heterocycles. The summed E-state index contributed by atoms with van der Waals surface area (Å²) < 4.78 is 1.99. The number of carbonyl (C=O) groups is 1. The highest BCUT2D eigenvalue weighted by atomic mass is 16.2. The molecule has 1 N–H and O–H groups in total. The van der Waals surface area contributed by atoms with Crippen LogP contribution in [0.25, 0.3) is 11.3 Å². The van der Waals surface area contributed by atoms with E-state index in [9.17, 15) is 9.90 Å². The average molecular weight is 350 g/mol. The molecule has 136 valence electrons. The zero-order valence-corrected chi connectivity index (χ0v) is 15.9. The van der Waals surface area contributed by atoms with Crippen LogP contribution in [0.2, 0.25) is 0 Å². The summed E-state index contributed by atoms with van der Waals surface area (Å²) >= 11 is 0. The van der Waals surface area contributed by atoms with Crippen LogP contribution in [0.1, 0.15) is 44.9 Å². The van der Waals surface area contributed by atoms with Gasteiger partial charge in [0.2, 0.25) is 0 Å². The Morgan fingerprint density at radius 2 is 1.92 bits per heavy atom. The summed E-state index contributed by atoms with van der Waals surface area (Å²) in [5, 5.41) is 14.6. The summed E-state index contributed by atoms with van der Waals surface area (Å²) in [6, 6.07) is 10.4. The quantitative estimate of drug-likeness (QED) is 0.614. The van der Waals surface area contributed by atoms with Crippen molar-refractivity contribution >= 4 is 5.78 Å². The third kappa shape index (κ3) is 2.14. The van der Waals surface area contributed by atoms with Gasteiger partial charge in [0.05, 0.1) is 17.6 Å². The summed E-state index contributed by atoms with van der Waals surface area (Å²) in [5.74, 6) is 0.294. The molecule has 2 unspecified atom stereocenters. The highest BCUT2D eigenvalue weighted by Gasteiger charge is 2.57. The molecule has 1 aromatic carbocycles. The number of rotatable bonds is 1. The first-order valence-corrected chi connectivity index (χ1v) is 9.30. The Hall–Kier alpha value is -2.36. The van der Waals surface area contributed by atoms with Gasteiger partial charge < -0.3 is 5.11 Å². The molecule has 4 rings (SSSR count). The Morgan fingerprint density at radius 1 is 1.23 bits per heavy atom. The highest BCUT2D eigenvalue weighted by Crippen LogP contribution is 2.57.